The summed E-state index contributed by atoms with van der Waals surface area (Å²) in [6.45, 7) is 0.880. The van der Waals surface area contributed by atoms with Gasteiger partial charge in [-0.25, -0.2) is 17.3 Å². The van der Waals surface area contributed by atoms with E-state index in [2.05, 4.69) is 100 Å². The molecule has 0 fully saturated rings. The minimum absolute atomic E-state index is 0.880. The van der Waals surface area contributed by atoms with E-state index in [9.17, 15) is 0 Å². The van der Waals surface area contributed by atoms with E-state index in [1.54, 1.807) is 0 Å². The zero-order valence-electron chi connectivity index (χ0n) is 17.9. The van der Waals surface area contributed by atoms with Gasteiger partial charge in [0.2, 0.25) is 5.52 Å². The number of nitrogens with zero attached hydrogens (tertiary/aromatic N) is 3. The van der Waals surface area contributed by atoms with Crippen molar-refractivity contribution >= 4 is 121 Å². The second-order valence-electron chi connectivity index (χ2n) is 7.46. The largest absolute Gasteiger partial charge is 0.409 e. The third kappa shape index (κ3) is 5.18. The van der Waals surface area contributed by atoms with Crippen molar-refractivity contribution in [3.63, 3.8) is 0 Å². The third-order valence-electron chi connectivity index (χ3n) is 5.55. The fourth-order valence-corrected chi connectivity index (χ4v) is 6.60. The smallest absolute Gasteiger partial charge is 0.330 e. The molecule has 7 rings (SSSR count). The molecule has 36 heavy (non-hydrogen) atoms. The Kier molecular flexibility index (Phi) is 7.93. The number of thioether (sulfide) groups is 1. The van der Waals surface area contributed by atoms with Crippen molar-refractivity contribution in [2.24, 2.45) is 0 Å². The first-order valence-corrected chi connectivity index (χ1v) is 20.8. The molecule has 0 amide bonds. The maximum absolute atomic E-state index is 8.89. The molecular weight excluding hydrogens is 771 g/mol. The number of halogens is 4. The zero-order valence-corrected chi connectivity index (χ0v) is 25.4. The van der Waals surface area contributed by atoms with Crippen molar-refractivity contribution in [1.82, 2.24) is 4.98 Å². The van der Waals surface area contributed by atoms with Crippen molar-refractivity contribution < 1.29 is 16.7 Å². The monoisotopic (exact) mass is 784 g/mol. The number of fused-ring (bicyclic) bond motifs is 9. The molecule has 0 N–H and O–H groups in total. The van der Waals surface area contributed by atoms with Crippen LogP contribution in [0.3, 0.4) is 0 Å². The number of hydrogen-bond donors (Lipinski definition) is 0. The molecule has 7 nitrogen and oxygen atoms in total. The standard InChI is InChI=1S/C23H14N3S2.2ClIO2/c1-3-7-20-18(5-1)25-11-9-16-14(22(25)27-20)13-15-17(24-16)10-12-26-19-6-2-4-8-21(19)28-23(15)26;2*1-2(3)4/h1-11,13H,12H2;;/q+1;;. The molecule has 0 atom stereocenters. The normalized spacial score (nSPS) is 13.6. The van der Waals surface area contributed by atoms with Gasteiger partial charge in [-0.15, -0.1) is 4.40 Å². The summed E-state index contributed by atoms with van der Waals surface area (Å²) in [5.74, 6) is 0. The fourth-order valence-electron chi connectivity index (χ4n) is 4.25. The van der Waals surface area contributed by atoms with Gasteiger partial charge in [0, 0.05) is 46.6 Å². The van der Waals surface area contributed by atoms with Gasteiger partial charge in [0.15, 0.2) is 6.20 Å². The second kappa shape index (κ2) is 11.0. The lowest BCUT2D eigenvalue weighted by Gasteiger charge is -2.21. The van der Waals surface area contributed by atoms with Crippen LogP contribution in [0.2, 0.25) is 0 Å². The Hall–Kier alpha value is -1.65. The molecule has 0 saturated carbocycles. The van der Waals surface area contributed by atoms with Crippen LogP contribution in [0.5, 0.6) is 0 Å². The molecule has 2 aliphatic rings. The molecule has 5 aromatic rings. The molecule has 3 aromatic heterocycles. The van der Waals surface area contributed by atoms with E-state index in [0.29, 0.717) is 0 Å². The number of thiazole rings is 1. The highest BCUT2D eigenvalue weighted by atomic mass is 127. The van der Waals surface area contributed by atoms with E-state index in [0.717, 1.165) is 17.4 Å². The Balaban J connectivity index is 0.000000296. The molecule has 0 radical (unpaired) electrons. The Morgan fingerprint density at radius 2 is 1.64 bits per heavy atom. The summed E-state index contributed by atoms with van der Waals surface area (Å²) in [5.41, 5.74) is 3.63. The van der Waals surface area contributed by atoms with E-state index in [1.165, 1.54) is 41.3 Å². The molecule has 5 heterocycles. The van der Waals surface area contributed by atoms with Crippen molar-refractivity contribution in [2.75, 3.05) is 11.4 Å². The maximum atomic E-state index is 8.89. The summed E-state index contributed by atoms with van der Waals surface area (Å²) in [4.78, 5) is 10.0. The molecule has 2 aromatic carbocycles. The van der Waals surface area contributed by atoms with Gasteiger partial charge in [-0.2, -0.15) is 0 Å². The lowest BCUT2D eigenvalue weighted by Crippen LogP contribution is -2.39. The number of aromatic nitrogens is 2. The lowest BCUT2D eigenvalue weighted by atomic mass is 10.2. The van der Waals surface area contributed by atoms with Crippen molar-refractivity contribution in [2.45, 2.75) is 4.90 Å². The summed E-state index contributed by atoms with van der Waals surface area (Å²) < 4.78 is 39.2. The highest BCUT2D eigenvalue weighted by Gasteiger charge is 2.27. The number of pyridine rings is 2. The summed E-state index contributed by atoms with van der Waals surface area (Å²) in [5, 5.41) is 4.87. The SMILES string of the molecule is C1=c2nc3cc[n+]4c5ccccc5sc4c3cc2=C2Sc3ccccc3N2C1.O=I(=O)Cl.O=I(=O)Cl. The zero-order chi connectivity index (χ0) is 25.4. The summed E-state index contributed by atoms with van der Waals surface area (Å²) in [7, 11) is 8.64. The predicted octanol–water partition coefficient (Wildman–Crippen LogP) is 6.34. The van der Waals surface area contributed by atoms with Crippen LogP contribution in [0.15, 0.2) is 71.8 Å². The first-order valence-electron chi connectivity index (χ1n) is 10.2. The van der Waals surface area contributed by atoms with Crippen LogP contribution in [-0.4, -0.2) is 11.5 Å². The van der Waals surface area contributed by atoms with E-state index in [4.69, 9.17) is 17.3 Å². The fraction of sp³-hybridized carbons (Fsp3) is 0.0435. The topological polar surface area (TPSA) is 88.5 Å². The summed E-state index contributed by atoms with van der Waals surface area (Å²) in [6.07, 6.45) is 4.40. The van der Waals surface area contributed by atoms with Crippen LogP contribution in [-0.2, 0) is 12.3 Å². The Morgan fingerprint density at radius 1 is 0.944 bits per heavy atom. The van der Waals surface area contributed by atoms with E-state index in [1.807, 2.05) is 23.1 Å². The van der Waals surface area contributed by atoms with Crippen molar-refractivity contribution in [3.05, 3.63) is 77.4 Å². The van der Waals surface area contributed by atoms with Gasteiger partial charge >= 0.3 is 37.3 Å². The second-order valence-corrected chi connectivity index (χ2v) is 14.7. The average molecular weight is 785 g/mol. The highest BCUT2D eigenvalue weighted by Crippen LogP contribution is 2.46. The number of rotatable bonds is 0. The minimum atomic E-state index is -3.29. The third-order valence-corrected chi connectivity index (χ3v) is 7.92. The van der Waals surface area contributed by atoms with Gasteiger partial charge in [-0.3, -0.25) is 0 Å². The first-order chi connectivity index (χ1) is 17.3. The van der Waals surface area contributed by atoms with Crippen LogP contribution >= 0.6 is 78.2 Å². The van der Waals surface area contributed by atoms with Gasteiger partial charge in [-0.1, -0.05) is 47.4 Å². The molecule has 13 heteroatoms. The van der Waals surface area contributed by atoms with E-state index >= 15 is 0 Å². The number of hydrogen-bond acceptors (Lipinski definition) is 8. The highest BCUT2D eigenvalue weighted by molar-refractivity contribution is 14.2. The molecule has 0 unspecified atom stereocenters. The van der Waals surface area contributed by atoms with E-state index < -0.39 is 37.3 Å². The van der Waals surface area contributed by atoms with E-state index in [-0.39, 0.29) is 0 Å². The number of benzene rings is 2. The van der Waals surface area contributed by atoms with Gasteiger partial charge in [0.25, 0.3) is 4.83 Å². The summed E-state index contributed by atoms with van der Waals surface area (Å²) >= 11 is -2.88. The average Bonchev–Trinajstić information content (AvgIpc) is 3.41. The molecule has 0 bridgehead atoms. The molecule has 0 aliphatic carbocycles. The predicted molar refractivity (Wildman–Crippen MR) is 160 cm³/mol. The number of anilines is 1. The van der Waals surface area contributed by atoms with Crippen LogP contribution in [0.4, 0.5) is 5.69 Å². The molecule has 0 saturated heterocycles. The van der Waals surface area contributed by atoms with Gasteiger partial charge in [0.1, 0.15) is 4.70 Å². The maximum Gasteiger partial charge on any atom is 0.409 e. The van der Waals surface area contributed by atoms with Crippen LogP contribution in [0, 0.1) is 0 Å². The van der Waals surface area contributed by atoms with Crippen LogP contribution in [0.1, 0.15) is 0 Å². The van der Waals surface area contributed by atoms with Gasteiger partial charge in [-0.05, 0) is 30.3 Å². The van der Waals surface area contributed by atoms with Gasteiger partial charge < -0.3 is 4.90 Å². The lowest BCUT2D eigenvalue weighted by molar-refractivity contribution is -0.476. The Bertz CT molecular complexity index is 1910. The first kappa shape index (κ1) is 26.0. The van der Waals surface area contributed by atoms with Crippen molar-refractivity contribution in [3.8, 4) is 0 Å². The molecule has 184 valence electrons. The minimum Gasteiger partial charge on any atom is -0.330 e. The Labute approximate surface area is 234 Å². The van der Waals surface area contributed by atoms with Crippen LogP contribution < -0.4 is 19.9 Å². The summed E-state index contributed by atoms with van der Waals surface area (Å²) in [6, 6.07) is 21.7. The molecule has 0 spiro atoms. The van der Waals surface area contributed by atoms with Crippen LogP contribution in [0.25, 0.3) is 37.1 Å². The van der Waals surface area contributed by atoms with Gasteiger partial charge in [0.05, 0.1) is 27.0 Å². The quantitative estimate of drug-likeness (QED) is 0.134. The molecular formula is C23H14Cl2I2N3O4S2+. The number of para-hydroxylation sites is 2. The van der Waals surface area contributed by atoms with Crippen molar-refractivity contribution in [1.29, 1.82) is 0 Å². The molecule has 2 aliphatic heterocycles. The Morgan fingerprint density at radius 3 is 2.42 bits per heavy atom.